The van der Waals surface area contributed by atoms with E-state index in [-0.39, 0.29) is 5.75 Å². The Morgan fingerprint density at radius 1 is 1.41 bits per heavy atom. The van der Waals surface area contributed by atoms with Crippen molar-refractivity contribution in [2.75, 3.05) is 10.1 Å². The molecule has 1 heterocycles. The van der Waals surface area contributed by atoms with Gasteiger partial charge < -0.3 is 0 Å². The third kappa shape index (κ3) is 1.93. The van der Waals surface area contributed by atoms with E-state index in [0.717, 1.165) is 4.31 Å². The van der Waals surface area contributed by atoms with Gasteiger partial charge in [0.25, 0.3) is 0 Å². The number of hydrogen-bond acceptors (Lipinski definition) is 3. The molecule has 1 unspecified atom stereocenters. The fourth-order valence-electron chi connectivity index (χ4n) is 1.88. The zero-order chi connectivity index (χ0) is 12.8. The monoisotopic (exact) mass is 273 g/mol. The SMILES string of the molecule is Cc1c(Cl)cccc1N1C(=O)C(C)CS1(=O)=O. The number of nitrogens with zero attached hydrogens (tertiary/aromatic N) is 1. The minimum Gasteiger partial charge on any atom is -0.273 e. The summed E-state index contributed by atoms with van der Waals surface area (Å²) < 4.78 is 24.7. The van der Waals surface area contributed by atoms with E-state index < -0.39 is 21.8 Å². The van der Waals surface area contributed by atoms with E-state index in [2.05, 4.69) is 0 Å². The molecule has 1 atom stereocenters. The van der Waals surface area contributed by atoms with Crippen LogP contribution in [-0.4, -0.2) is 20.1 Å². The van der Waals surface area contributed by atoms with E-state index in [1.165, 1.54) is 0 Å². The lowest BCUT2D eigenvalue weighted by Gasteiger charge is -2.18. The second-order valence-corrected chi connectivity index (χ2v) is 6.44. The van der Waals surface area contributed by atoms with Crippen LogP contribution < -0.4 is 4.31 Å². The molecule has 6 heteroatoms. The van der Waals surface area contributed by atoms with Gasteiger partial charge in [0.15, 0.2) is 0 Å². The van der Waals surface area contributed by atoms with Gasteiger partial charge in [-0.25, -0.2) is 12.7 Å². The zero-order valence-electron chi connectivity index (χ0n) is 9.47. The van der Waals surface area contributed by atoms with Crippen LogP contribution >= 0.6 is 11.6 Å². The Bertz CT molecular complexity index is 582. The molecule has 1 amide bonds. The molecule has 0 N–H and O–H groups in total. The molecule has 0 radical (unpaired) electrons. The van der Waals surface area contributed by atoms with Crippen LogP contribution in [0.15, 0.2) is 18.2 Å². The number of carbonyl (C=O) groups excluding carboxylic acids is 1. The minimum atomic E-state index is -3.55. The standard InChI is InChI=1S/C11H12ClNO3S/c1-7-6-17(15,16)13(11(7)14)10-5-3-4-9(12)8(10)2/h3-5,7H,6H2,1-2H3. The maximum Gasteiger partial charge on any atom is 0.244 e. The molecular formula is C11H12ClNO3S. The summed E-state index contributed by atoms with van der Waals surface area (Å²) in [5, 5.41) is 0.449. The molecule has 0 aliphatic carbocycles. The van der Waals surface area contributed by atoms with Gasteiger partial charge in [0, 0.05) is 5.02 Å². The molecule has 1 aromatic rings. The topological polar surface area (TPSA) is 54.5 Å². The molecule has 0 saturated carbocycles. The lowest BCUT2D eigenvalue weighted by Crippen LogP contribution is -2.30. The number of anilines is 1. The Labute approximate surface area is 105 Å². The lowest BCUT2D eigenvalue weighted by atomic mass is 10.1. The van der Waals surface area contributed by atoms with E-state index in [9.17, 15) is 13.2 Å². The average Bonchev–Trinajstić information content (AvgIpc) is 2.42. The summed E-state index contributed by atoms with van der Waals surface area (Å²) in [4.78, 5) is 11.9. The second-order valence-electron chi connectivity index (χ2n) is 4.17. The largest absolute Gasteiger partial charge is 0.273 e. The van der Waals surface area contributed by atoms with Crippen molar-refractivity contribution in [3.05, 3.63) is 28.8 Å². The van der Waals surface area contributed by atoms with Crippen LogP contribution in [0.4, 0.5) is 5.69 Å². The van der Waals surface area contributed by atoms with E-state index in [1.54, 1.807) is 32.0 Å². The van der Waals surface area contributed by atoms with Gasteiger partial charge in [-0.1, -0.05) is 24.6 Å². The Morgan fingerprint density at radius 3 is 2.59 bits per heavy atom. The minimum absolute atomic E-state index is 0.141. The Morgan fingerprint density at radius 2 is 2.06 bits per heavy atom. The van der Waals surface area contributed by atoms with Gasteiger partial charge >= 0.3 is 0 Å². The fourth-order valence-corrected chi connectivity index (χ4v) is 3.93. The third-order valence-electron chi connectivity index (χ3n) is 2.82. The molecular weight excluding hydrogens is 262 g/mol. The number of sulfonamides is 1. The number of amides is 1. The molecule has 1 aliphatic rings. The first-order chi connectivity index (χ1) is 7.84. The highest BCUT2D eigenvalue weighted by atomic mass is 35.5. The number of halogens is 1. The molecule has 1 fully saturated rings. The molecule has 0 aromatic heterocycles. The molecule has 4 nitrogen and oxygen atoms in total. The van der Waals surface area contributed by atoms with E-state index in [1.807, 2.05) is 0 Å². The van der Waals surface area contributed by atoms with Crippen molar-refractivity contribution >= 4 is 33.2 Å². The molecule has 0 bridgehead atoms. The summed E-state index contributed by atoms with van der Waals surface area (Å²) in [7, 11) is -3.55. The zero-order valence-corrected chi connectivity index (χ0v) is 11.0. The van der Waals surface area contributed by atoms with Crippen molar-refractivity contribution in [1.29, 1.82) is 0 Å². The number of rotatable bonds is 1. The van der Waals surface area contributed by atoms with Crippen LogP contribution in [0.25, 0.3) is 0 Å². The van der Waals surface area contributed by atoms with E-state index in [0.29, 0.717) is 16.3 Å². The second kappa shape index (κ2) is 3.99. The first-order valence-corrected chi connectivity index (χ1v) is 7.15. The van der Waals surface area contributed by atoms with Crippen molar-refractivity contribution in [1.82, 2.24) is 0 Å². The molecule has 1 saturated heterocycles. The van der Waals surface area contributed by atoms with E-state index in [4.69, 9.17) is 11.6 Å². The number of carbonyl (C=O) groups is 1. The van der Waals surface area contributed by atoms with Crippen molar-refractivity contribution in [2.24, 2.45) is 5.92 Å². The van der Waals surface area contributed by atoms with Crippen LogP contribution in [0.2, 0.25) is 5.02 Å². The summed E-state index contributed by atoms with van der Waals surface area (Å²) in [5.41, 5.74) is 0.951. The molecule has 2 rings (SSSR count). The fraction of sp³-hybridized carbons (Fsp3) is 0.364. The third-order valence-corrected chi connectivity index (χ3v) is 5.08. The first kappa shape index (κ1) is 12.4. The highest BCUT2D eigenvalue weighted by Gasteiger charge is 2.42. The maximum absolute atomic E-state index is 11.9. The van der Waals surface area contributed by atoms with Crippen molar-refractivity contribution < 1.29 is 13.2 Å². The molecule has 1 aromatic carbocycles. The lowest BCUT2D eigenvalue weighted by molar-refractivity contribution is -0.119. The van der Waals surface area contributed by atoms with Crippen molar-refractivity contribution in [2.45, 2.75) is 13.8 Å². The summed E-state index contributed by atoms with van der Waals surface area (Å²) >= 11 is 5.94. The Kier molecular flexibility index (Phi) is 2.91. The summed E-state index contributed by atoms with van der Waals surface area (Å²) in [5.74, 6) is -1.04. The summed E-state index contributed by atoms with van der Waals surface area (Å²) in [6.45, 7) is 3.31. The normalized spacial score (nSPS) is 23.1. The van der Waals surface area contributed by atoms with Crippen LogP contribution in [-0.2, 0) is 14.8 Å². The Hall–Kier alpha value is -1.07. The highest BCUT2D eigenvalue weighted by Crippen LogP contribution is 2.33. The number of hydrogen-bond donors (Lipinski definition) is 0. The van der Waals surface area contributed by atoms with Crippen LogP contribution in [0.1, 0.15) is 12.5 Å². The van der Waals surface area contributed by atoms with Crippen molar-refractivity contribution in [3.8, 4) is 0 Å². The smallest absolute Gasteiger partial charge is 0.244 e. The van der Waals surface area contributed by atoms with Gasteiger partial charge in [0.05, 0.1) is 17.4 Å². The molecule has 0 spiro atoms. The van der Waals surface area contributed by atoms with Gasteiger partial charge in [0.1, 0.15) is 0 Å². The summed E-state index contributed by atoms with van der Waals surface area (Å²) in [6, 6.07) is 4.89. The predicted molar refractivity (Wildman–Crippen MR) is 66.6 cm³/mol. The predicted octanol–water partition coefficient (Wildman–Crippen LogP) is 1.96. The van der Waals surface area contributed by atoms with Gasteiger partial charge in [-0.3, -0.25) is 4.79 Å². The maximum atomic E-state index is 11.9. The van der Waals surface area contributed by atoms with Gasteiger partial charge in [-0.05, 0) is 24.6 Å². The average molecular weight is 274 g/mol. The molecule has 17 heavy (non-hydrogen) atoms. The Balaban J connectivity index is 2.61. The van der Waals surface area contributed by atoms with Gasteiger partial charge in [-0.15, -0.1) is 0 Å². The molecule has 92 valence electrons. The van der Waals surface area contributed by atoms with Crippen LogP contribution in [0.3, 0.4) is 0 Å². The van der Waals surface area contributed by atoms with Crippen molar-refractivity contribution in [3.63, 3.8) is 0 Å². The van der Waals surface area contributed by atoms with Crippen LogP contribution in [0, 0.1) is 12.8 Å². The number of benzene rings is 1. The highest BCUT2D eigenvalue weighted by molar-refractivity contribution is 7.94. The quantitative estimate of drug-likeness (QED) is 0.786. The summed E-state index contributed by atoms with van der Waals surface area (Å²) in [6.07, 6.45) is 0. The van der Waals surface area contributed by atoms with Gasteiger partial charge in [-0.2, -0.15) is 0 Å². The van der Waals surface area contributed by atoms with Crippen LogP contribution in [0.5, 0.6) is 0 Å². The molecule has 1 aliphatic heterocycles. The van der Waals surface area contributed by atoms with E-state index >= 15 is 0 Å². The first-order valence-electron chi connectivity index (χ1n) is 5.16. The van der Waals surface area contributed by atoms with Gasteiger partial charge in [0.2, 0.25) is 15.9 Å².